The largest absolute Gasteiger partial charge is 0.349 e. The lowest BCUT2D eigenvalue weighted by Crippen LogP contribution is -2.43. The fraction of sp³-hybridized carbons (Fsp3) is 0.435. The van der Waals surface area contributed by atoms with Gasteiger partial charge in [-0.1, -0.05) is 53.0 Å². The normalized spacial score (nSPS) is 16.8. The molecule has 1 aliphatic rings. The fourth-order valence-corrected chi connectivity index (χ4v) is 6.11. The average Bonchev–Trinajstić information content (AvgIpc) is 2.72. The molecule has 1 fully saturated rings. The third kappa shape index (κ3) is 6.01. The Labute approximate surface area is 194 Å². The summed E-state index contributed by atoms with van der Waals surface area (Å²) in [7, 11) is -3.52. The minimum Gasteiger partial charge on any atom is -0.349 e. The third-order valence-electron chi connectivity index (χ3n) is 5.83. The lowest BCUT2D eigenvalue weighted by atomic mass is 9.95. The molecule has 1 N–H and O–H groups in total. The van der Waals surface area contributed by atoms with E-state index in [0.717, 1.165) is 16.7 Å². The summed E-state index contributed by atoms with van der Waals surface area (Å²) in [5, 5.41) is 3.91. The quantitative estimate of drug-likeness (QED) is 0.627. The van der Waals surface area contributed by atoms with E-state index >= 15 is 0 Å². The number of rotatable bonds is 6. The number of nitrogens with zero attached hydrogens (tertiary/aromatic N) is 1. The predicted octanol–water partition coefficient (Wildman–Crippen LogP) is 5.03. The summed E-state index contributed by atoms with van der Waals surface area (Å²) in [4.78, 5) is 12.8. The highest BCUT2D eigenvalue weighted by Crippen LogP contribution is 2.27. The van der Waals surface area contributed by atoms with Gasteiger partial charge in [-0.25, -0.2) is 12.7 Å². The second-order valence-electron chi connectivity index (χ2n) is 8.26. The van der Waals surface area contributed by atoms with Gasteiger partial charge in [-0.2, -0.15) is 0 Å². The molecule has 31 heavy (non-hydrogen) atoms. The van der Waals surface area contributed by atoms with E-state index in [1.165, 1.54) is 4.31 Å². The van der Waals surface area contributed by atoms with Crippen LogP contribution >= 0.6 is 23.2 Å². The Balaban J connectivity index is 1.58. The molecule has 2 aromatic rings. The summed E-state index contributed by atoms with van der Waals surface area (Å²) in [5.41, 5.74) is 3.92. The van der Waals surface area contributed by atoms with Crippen molar-refractivity contribution < 1.29 is 13.2 Å². The van der Waals surface area contributed by atoms with Crippen molar-refractivity contribution in [1.82, 2.24) is 9.62 Å². The first-order chi connectivity index (χ1) is 14.6. The average molecular weight is 483 g/mol. The van der Waals surface area contributed by atoms with Crippen LogP contribution in [0, 0.1) is 19.8 Å². The highest BCUT2D eigenvalue weighted by atomic mass is 35.5. The molecule has 2 aromatic carbocycles. The lowest BCUT2D eigenvalue weighted by molar-refractivity contribution is -0.126. The van der Waals surface area contributed by atoms with Gasteiger partial charge in [0.25, 0.3) is 0 Å². The van der Waals surface area contributed by atoms with Crippen LogP contribution in [0.25, 0.3) is 0 Å². The lowest BCUT2D eigenvalue weighted by Gasteiger charge is -2.31. The molecule has 1 unspecified atom stereocenters. The molecule has 8 heteroatoms. The van der Waals surface area contributed by atoms with Gasteiger partial charge in [0, 0.05) is 29.1 Å². The molecular formula is C23H28Cl2N2O3S. The van der Waals surface area contributed by atoms with Crippen LogP contribution in [0.1, 0.15) is 48.1 Å². The Bertz CT molecular complexity index is 1060. The second kappa shape index (κ2) is 9.90. The molecule has 1 atom stereocenters. The Hall–Kier alpha value is -1.60. The van der Waals surface area contributed by atoms with E-state index in [9.17, 15) is 13.2 Å². The van der Waals surface area contributed by atoms with Gasteiger partial charge in [0.2, 0.25) is 15.9 Å². The minimum atomic E-state index is -3.52. The number of halogens is 2. The predicted molar refractivity (Wildman–Crippen MR) is 126 cm³/mol. The Kier molecular flexibility index (Phi) is 7.68. The highest BCUT2D eigenvalue weighted by molar-refractivity contribution is 7.88. The molecule has 1 amide bonds. The second-order valence-corrected chi connectivity index (χ2v) is 11.1. The van der Waals surface area contributed by atoms with Crippen LogP contribution in [0.15, 0.2) is 36.4 Å². The minimum absolute atomic E-state index is 0.0220. The van der Waals surface area contributed by atoms with Crippen molar-refractivity contribution in [3.63, 3.8) is 0 Å². The van der Waals surface area contributed by atoms with Crippen LogP contribution in [0.3, 0.4) is 0 Å². The van der Waals surface area contributed by atoms with E-state index in [-0.39, 0.29) is 23.6 Å². The number of benzene rings is 2. The third-order valence-corrected chi connectivity index (χ3v) is 8.25. The Morgan fingerprint density at radius 2 is 1.81 bits per heavy atom. The number of carbonyl (C=O) groups is 1. The number of piperidine rings is 1. The molecule has 0 bridgehead atoms. The van der Waals surface area contributed by atoms with Gasteiger partial charge in [-0.05, 0) is 62.4 Å². The van der Waals surface area contributed by atoms with Crippen LogP contribution in [0.5, 0.6) is 0 Å². The van der Waals surface area contributed by atoms with Crippen molar-refractivity contribution in [3.05, 3.63) is 68.7 Å². The van der Waals surface area contributed by atoms with Crippen LogP contribution < -0.4 is 5.32 Å². The number of hydrogen-bond acceptors (Lipinski definition) is 3. The maximum Gasteiger partial charge on any atom is 0.223 e. The molecule has 0 radical (unpaired) electrons. The van der Waals surface area contributed by atoms with Gasteiger partial charge < -0.3 is 5.32 Å². The van der Waals surface area contributed by atoms with Gasteiger partial charge in [0.05, 0.1) is 11.8 Å². The van der Waals surface area contributed by atoms with E-state index in [4.69, 9.17) is 23.2 Å². The van der Waals surface area contributed by atoms with E-state index < -0.39 is 10.0 Å². The maximum atomic E-state index is 12.8. The first kappa shape index (κ1) is 24.1. The zero-order valence-electron chi connectivity index (χ0n) is 18.0. The highest BCUT2D eigenvalue weighted by Gasteiger charge is 2.32. The summed E-state index contributed by atoms with van der Waals surface area (Å²) < 4.78 is 27.1. The standard InChI is InChI=1S/C23H28Cl2N2O3S/c1-15-4-5-16(2)21(12-15)17(3)26-23(28)18-8-10-27(11-9-18)31(29,30)14-19-6-7-20(24)13-22(19)25/h4-7,12-13,17-18H,8-11,14H2,1-3H3,(H,26,28). The van der Waals surface area contributed by atoms with E-state index in [2.05, 4.69) is 23.5 Å². The molecule has 3 rings (SSSR count). The number of amides is 1. The van der Waals surface area contributed by atoms with Gasteiger partial charge in [-0.15, -0.1) is 0 Å². The number of aryl methyl sites for hydroxylation is 2. The van der Waals surface area contributed by atoms with E-state index in [1.807, 2.05) is 20.8 Å². The molecule has 0 spiro atoms. The number of sulfonamides is 1. The van der Waals surface area contributed by atoms with Crippen LogP contribution in [0.2, 0.25) is 10.0 Å². The zero-order valence-corrected chi connectivity index (χ0v) is 20.3. The topological polar surface area (TPSA) is 66.5 Å². The smallest absolute Gasteiger partial charge is 0.223 e. The van der Waals surface area contributed by atoms with Crippen molar-refractivity contribution in [2.75, 3.05) is 13.1 Å². The summed E-state index contributed by atoms with van der Waals surface area (Å²) in [6.07, 6.45) is 0.998. The maximum absolute atomic E-state index is 12.8. The molecule has 0 saturated carbocycles. The zero-order chi connectivity index (χ0) is 22.8. The van der Waals surface area contributed by atoms with E-state index in [1.54, 1.807) is 18.2 Å². The summed E-state index contributed by atoms with van der Waals surface area (Å²) in [6.45, 7) is 6.70. The molecule has 0 aliphatic carbocycles. The summed E-state index contributed by atoms with van der Waals surface area (Å²) in [5.74, 6) is -0.395. The van der Waals surface area contributed by atoms with E-state index in [0.29, 0.717) is 41.5 Å². The number of hydrogen-bond donors (Lipinski definition) is 1. The van der Waals surface area contributed by atoms with Gasteiger partial charge >= 0.3 is 0 Å². The Morgan fingerprint density at radius 1 is 1.13 bits per heavy atom. The van der Waals surface area contributed by atoms with Crippen LogP contribution in [-0.2, 0) is 20.6 Å². The summed E-state index contributed by atoms with van der Waals surface area (Å²) in [6, 6.07) is 10.9. The SMILES string of the molecule is Cc1ccc(C)c(C(C)NC(=O)C2CCN(S(=O)(=O)Cc3ccc(Cl)cc3Cl)CC2)c1. The van der Waals surface area contributed by atoms with Gasteiger partial charge in [0.15, 0.2) is 0 Å². The molecule has 5 nitrogen and oxygen atoms in total. The number of nitrogens with one attached hydrogen (secondary N) is 1. The van der Waals surface area contributed by atoms with Crippen molar-refractivity contribution in [2.24, 2.45) is 5.92 Å². The Morgan fingerprint density at radius 3 is 2.45 bits per heavy atom. The molecule has 168 valence electrons. The van der Waals surface area contributed by atoms with Crippen molar-refractivity contribution >= 4 is 39.1 Å². The molecule has 0 aromatic heterocycles. The van der Waals surface area contributed by atoms with Crippen LogP contribution in [0.4, 0.5) is 0 Å². The van der Waals surface area contributed by atoms with Gasteiger partial charge in [-0.3, -0.25) is 4.79 Å². The first-order valence-corrected chi connectivity index (χ1v) is 12.7. The molecule has 1 heterocycles. The fourth-order valence-electron chi connectivity index (χ4n) is 3.96. The molecule has 1 aliphatic heterocycles. The van der Waals surface area contributed by atoms with Gasteiger partial charge in [0.1, 0.15) is 0 Å². The molecular weight excluding hydrogens is 455 g/mol. The van der Waals surface area contributed by atoms with Crippen molar-refractivity contribution in [2.45, 2.75) is 45.4 Å². The van der Waals surface area contributed by atoms with Crippen LogP contribution in [-0.4, -0.2) is 31.7 Å². The monoisotopic (exact) mass is 482 g/mol. The summed E-state index contributed by atoms with van der Waals surface area (Å²) >= 11 is 12.0. The van der Waals surface area contributed by atoms with Crippen molar-refractivity contribution in [1.29, 1.82) is 0 Å². The molecule has 1 saturated heterocycles. The van der Waals surface area contributed by atoms with Crippen molar-refractivity contribution in [3.8, 4) is 0 Å². The first-order valence-electron chi connectivity index (χ1n) is 10.4. The number of carbonyl (C=O) groups excluding carboxylic acids is 1.